The Hall–Kier alpha value is -4.49. The smallest absolute Gasteiger partial charge is 0.323 e. The first-order valence-corrected chi connectivity index (χ1v) is 10.9. The minimum atomic E-state index is -0.976. The molecule has 0 saturated carbocycles. The van der Waals surface area contributed by atoms with E-state index in [1.165, 1.54) is 18.3 Å². The number of nitrogens with one attached hydrogen (secondary N) is 2. The summed E-state index contributed by atoms with van der Waals surface area (Å²) < 4.78 is 52.7. The van der Waals surface area contributed by atoms with Crippen molar-refractivity contribution in [2.24, 2.45) is 0 Å². The standard InChI is InChI=1S/C25H16ClF3N4O3/c26-6-8-35-24-12-22-17(9-14(24)13-30)23(5-7-31-22)36-16-2-4-21(19(29)11-16)33-25(34)32-20-3-1-15(27)10-18(20)28/h1-5,7,9-12H,6,8H2,(H2,32,33,34). The molecule has 0 aliphatic heterocycles. The summed E-state index contributed by atoms with van der Waals surface area (Å²) in [6, 6.07) is 12.1. The molecule has 0 spiro atoms. The van der Waals surface area contributed by atoms with E-state index in [4.69, 9.17) is 21.1 Å². The highest BCUT2D eigenvalue weighted by atomic mass is 35.5. The average Bonchev–Trinajstić information content (AvgIpc) is 2.85. The van der Waals surface area contributed by atoms with Crippen LogP contribution >= 0.6 is 11.6 Å². The third-order valence-corrected chi connectivity index (χ3v) is 5.01. The molecule has 0 radical (unpaired) electrons. The fourth-order valence-corrected chi connectivity index (χ4v) is 3.32. The maximum Gasteiger partial charge on any atom is 0.323 e. The summed E-state index contributed by atoms with van der Waals surface area (Å²) in [5.74, 6) is -1.60. The van der Waals surface area contributed by atoms with Crippen molar-refractivity contribution in [1.82, 2.24) is 4.98 Å². The van der Waals surface area contributed by atoms with Gasteiger partial charge in [-0.05, 0) is 36.4 Å². The lowest BCUT2D eigenvalue weighted by Gasteiger charge is -2.13. The third kappa shape index (κ3) is 5.59. The molecule has 3 aromatic carbocycles. The van der Waals surface area contributed by atoms with Gasteiger partial charge in [0.05, 0.1) is 28.3 Å². The Morgan fingerprint density at radius 1 is 0.972 bits per heavy atom. The molecule has 1 aromatic heterocycles. The van der Waals surface area contributed by atoms with Gasteiger partial charge in [0.2, 0.25) is 0 Å². The van der Waals surface area contributed by atoms with Gasteiger partial charge in [-0.2, -0.15) is 5.26 Å². The Kier molecular flexibility index (Phi) is 7.42. The van der Waals surface area contributed by atoms with Crippen molar-refractivity contribution in [1.29, 1.82) is 5.26 Å². The Morgan fingerprint density at radius 2 is 1.69 bits per heavy atom. The van der Waals surface area contributed by atoms with Crippen LogP contribution in [-0.4, -0.2) is 23.5 Å². The molecule has 0 saturated heterocycles. The van der Waals surface area contributed by atoms with Gasteiger partial charge >= 0.3 is 6.03 Å². The van der Waals surface area contributed by atoms with Crippen molar-refractivity contribution >= 4 is 39.9 Å². The van der Waals surface area contributed by atoms with Crippen LogP contribution in [0.25, 0.3) is 10.9 Å². The van der Waals surface area contributed by atoms with Crippen molar-refractivity contribution in [2.75, 3.05) is 23.1 Å². The molecule has 182 valence electrons. The number of amides is 2. The summed E-state index contributed by atoms with van der Waals surface area (Å²) in [5.41, 5.74) is 0.265. The molecule has 0 atom stereocenters. The highest BCUT2D eigenvalue weighted by molar-refractivity contribution is 6.18. The molecule has 4 rings (SSSR count). The lowest BCUT2D eigenvalue weighted by atomic mass is 10.1. The molecule has 0 aliphatic rings. The van der Waals surface area contributed by atoms with E-state index in [0.29, 0.717) is 28.5 Å². The number of carbonyl (C=O) groups excluding carboxylic acids is 1. The second-order valence-electron chi connectivity index (χ2n) is 7.27. The van der Waals surface area contributed by atoms with Crippen LogP contribution in [0.5, 0.6) is 17.2 Å². The first-order chi connectivity index (χ1) is 17.4. The van der Waals surface area contributed by atoms with E-state index in [9.17, 15) is 23.2 Å². The topological polar surface area (TPSA) is 96.3 Å². The molecule has 2 amide bonds. The number of fused-ring (bicyclic) bond motifs is 1. The van der Waals surface area contributed by atoms with Gasteiger partial charge in [-0.15, -0.1) is 11.6 Å². The van der Waals surface area contributed by atoms with E-state index in [1.54, 1.807) is 18.2 Å². The predicted octanol–water partition coefficient (Wildman–Crippen LogP) is 6.58. The molecule has 0 bridgehead atoms. The van der Waals surface area contributed by atoms with E-state index < -0.39 is 23.5 Å². The van der Waals surface area contributed by atoms with Crippen molar-refractivity contribution < 1.29 is 27.4 Å². The lowest BCUT2D eigenvalue weighted by molar-refractivity contribution is 0.262. The number of alkyl halides is 1. The molecule has 7 nitrogen and oxygen atoms in total. The van der Waals surface area contributed by atoms with Crippen LogP contribution in [0.3, 0.4) is 0 Å². The fourth-order valence-electron chi connectivity index (χ4n) is 3.25. The van der Waals surface area contributed by atoms with Crippen LogP contribution in [0.15, 0.2) is 60.8 Å². The maximum absolute atomic E-state index is 14.7. The molecule has 0 fully saturated rings. The van der Waals surface area contributed by atoms with Crippen LogP contribution < -0.4 is 20.1 Å². The van der Waals surface area contributed by atoms with Gasteiger partial charge in [0, 0.05) is 29.8 Å². The van der Waals surface area contributed by atoms with Crippen LogP contribution in [0.2, 0.25) is 0 Å². The number of benzene rings is 3. The number of urea groups is 1. The molecular weight excluding hydrogens is 497 g/mol. The molecule has 36 heavy (non-hydrogen) atoms. The zero-order chi connectivity index (χ0) is 25.7. The van der Waals surface area contributed by atoms with E-state index in [1.807, 2.05) is 6.07 Å². The van der Waals surface area contributed by atoms with Crippen LogP contribution in [0.1, 0.15) is 5.56 Å². The molecule has 0 unspecified atom stereocenters. The summed E-state index contributed by atoms with van der Waals surface area (Å²) >= 11 is 5.65. The van der Waals surface area contributed by atoms with Crippen LogP contribution in [0.4, 0.5) is 29.3 Å². The Morgan fingerprint density at radius 3 is 2.36 bits per heavy atom. The summed E-state index contributed by atoms with van der Waals surface area (Å²) in [5, 5.41) is 14.4. The molecular formula is C25H16ClF3N4O3. The molecule has 2 N–H and O–H groups in total. The van der Waals surface area contributed by atoms with Gasteiger partial charge < -0.3 is 20.1 Å². The number of halogens is 4. The number of ether oxygens (including phenoxy) is 2. The third-order valence-electron chi connectivity index (χ3n) is 4.85. The second kappa shape index (κ2) is 10.8. The zero-order valence-electron chi connectivity index (χ0n) is 18.3. The van der Waals surface area contributed by atoms with E-state index >= 15 is 0 Å². The number of aromatic nitrogens is 1. The zero-order valence-corrected chi connectivity index (χ0v) is 19.1. The monoisotopic (exact) mass is 512 g/mol. The summed E-state index contributed by atoms with van der Waals surface area (Å²) in [7, 11) is 0. The molecule has 11 heteroatoms. The highest BCUT2D eigenvalue weighted by Crippen LogP contribution is 2.34. The van der Waals surface area contributed by atoms with Gasteiger partial charge in [0.15, 0.2) is 0 Å². The van der Waals surface area contributed by atoms with Crippen LogP contribution in [0, 0.1) is 28.8 Å². The number of hydrogen-bond acceptors (Lipinski definition) is 5. The minimum absolute atomic E-state index is 0.108. The highest BCUT2D eigenvalue weighted by Gasteiger charge is 2.14. The van der Waals surface area contributed by atoms with E-state index in [2.05, 4.69) is 15.6 Å². The Labute approximate surface area is 208 Å². The van der Waals surface area contributed by atoms with Crippen LogP contribution in [-0.2, 0) is 0 Å². The second-order valence-corrected chi connectivity index (χ2v) is 7.65. The number of hydrogen-bond donors (Lipinski definition) is 2. The fraction of sp³-hybridized carbons (Fsp3) is 0.0800. The summed E-state index contributed by atoms with van der Waals surface area (Å²) in [6.45, 7) is 0.217. The maximum atomic E-state index is 14.7. The first-order valence-electron chi connectivity index (χ1n) is 10.4. The van der Waals surface area contributed by atoms with Crippen molar-refractivity contribution in [3.8, 4) is 23.3 Å². The number of nitriles is 1. The van der Waals surface area contributed by atoms with Crippen molar-refractivity contribution in [3.05, 3.63) is 83.8 Å². The van der Waals surface area contributed by atoms with Crippen molar-refractivity contribution in [3.63, 3.8) is 0 Å². The minimum Gasteiger partial charge on any atom is -0.491 e. The first kappa shape index (κ1) is 24.6. The summed E-state index contributed by atoms with van der Waals surface area (Å²) in [6.07, 6.45) is 1.49. The number of pyridine rings is 1. The van der Waals surface area contributed by atoms with Gasteiger partial charge in [0.1, 0.15) is 47.4 Å². The lowest BCUT2D eigenvalue weighted by Crippen LogP contribution is -2.20. The van der Waals surface area contributed by atoms with E-state index in [-0.39, 0.29) is 35.2 Å². The molecule has 4 aromatic rings. The number of carbonyl (C=O) groups is 1. The number of anilines is 2. The van der Waals surface area contributed by atoms with Gasteiger partial charge in [-0.1, -0.05) is 0 Å². The van der Waals surface area contributed by atoms with E-state index in [0.717, 1.165) is 18.2 Å². The van der Waals surface area contributed by atoms with Gasteiger partial charge in [0.25, 0.3) is 0 Å². The number of nitrogens with zero attached hydrogens (tertiary/aromatic N) is 2. The Bertz CT molecular complexity index is 1490. The predicted molar refractivity (Wildman–Crippen MR) is 128 cm³/mol. The quantitative estimate of drug-likeness (QED) is 0.273. The van der Waals surface area contributed by atoms with Gasteiger partial charge in [-0.25, -0.2) is 18.0 Å². The number of rotatable bonds is 7. The van der Waals surface area contributed by atoms with Gasteiger partial charge in [-0.3, -0.25) is 4.98 Å². The SMILES string of the molecule is N#Cc1cc2c(Oc3ccc(NC(=O)Nc4ccc(F)cc4F)c(F)c3)ccnc2cc1OCCCl. The average molecular weight is 513 g/mol. The largest absolute Gasteiger partial charge is 0.491 e. The summed E-state index contributed by atoms with van der Waals surface area (Å²) in [4.78, 5) is 16.4. The molecule has 1 heterocycles. The molecule has 0 aliphatic carbocycles. The van der Waals surface area contributed by atoms with Crippen molar-refractivity contribution in [2.45, 2.75) is 0 Å². The normalized spacial score (nSPS) is 10.5. The Balaban J connectivity index is 1.52.